The number of carbonyl (C=O) groups is 2. The second kappa shape index (κ2) is 6.51. The molecule has 2 rings (SSSR count). The van der Waals surface area contributed by atoms with Crippen LogP contribution in [0.3, 0.4) is 0 Å². The Morgan fingerprint density at radius 2 is 1.95 bits per heavy atom. The molecule has 0 radical (unpaired) electrons. The first-order valence-corrected chi connectivity index (χ1v) is 7.64. The summed E-state index contributed by atoms with van der Waals surface area (Å²) in [4.78, 5) is 23.1. The van der Waals surface area contributed by atoms with Crippen LogP contribution in [-0.4, -0.2) is 25.2 Å². The Labute approximate surface area is 131 Å². The van der Waals surface area contributed by atoms with E-state index in [1.807, 2.05) is 6.92 Å². The lowest BCUT2D eigenvalue weighted by atomic mass is 9.64. The van der Waals surface area contributed by atoms with E-state index in [1.54, 1.807) is 0 Å². The standard InChI is InChI=1S/C18H24O4/c1-10-6-7-14(12(3)18(20)21-5)16-8-11(2)17(9-15(10)16)22-13(4)19/h6,8,14-17H,3,7,9H2,1-2,4-5H3. The van der Waals surface area contributed by atoms with Crippen molar-refractivity contribution in [3.63, 3.8) is 0 Å². The van der Waals surface area contributed by atoms with Gasteiger partial charge in [0.15, 0.2) is 0 Å². The summed E-state index contributed by atoms with van der Waals surface area (Å²) < 4.78 is 10.2. The highest BCUT2D eigenvalue weighted by Crippen LogP contribution is 2.45. The van der Waals surface area contributed by atoms with Gasteiger partial charge < -0.3 is 9.47 Å². The minimum Gasteiger partial charge on any atom is -0.466 e. The molecule has 0 amide bonds. The molecule has 0 spiro atoms. The quantitative estimate of drug-likeness (QED) is 0.456. The van der Waals surface area contributed by atoms with E-state index in [0.717, 1.165) is 18.4 Å². The minimum atomic E-state index is -0.343. The molecule has 0 fully saturated rings. The minimum absolute atomic E-state index is 0.0504. The Morgan fingerprint density at radius 3 is 2.55 bits per heavy atom. The molecule has 2 aliphatic carbocycles. The van der Waals surface area contributed by atoms with Gasteiger partial charge in [0.2, 0.25) is 0 Å². The lowest BCUT2D eigenvalue weighted by Gasteiger charge is -2.41. The fourth-order valence-electron chi connectivity index (χ4n) is 3.61. The van der Waals surface area contributed by atoms with Gasteiger partial charge in [0, 0.05) is 18.4 Å². The third-order valence-corrected chi connectivity index (χ3v) is 4.84. The van der Waals surface area contributed by atoms with Gasteiger partial charge in [-0.2, -0.15) is 0 Å². The Bertz CT molecular complexity index is 555. The molecule has 0 aromatic carbocycles. The molecule has 0 aromatic rings. The van der Waals surface area contributed by atoms with Crippen LogP contribution < -0.4 is 0 Å². The van der Waals surface area contributed by atoms with Crippen LogP contribution in [-0.2, 0) is 19.1 Å². The number of hydrogen-bond acceptors (Lipinski definition) is 4. The molecule has 0 bridgehead atoms. The molecule has 4 heteroatoms. The van der Waals surface area contributed by atoms with Crippen molar-refractivity contribution in [3.05, 3.63) is 35.5 Å². The SMILES string of the molecule is C=C(C(=O)OC)C1CC=C(C)C2CC(OC(C)=O)C(C)=CC12. The number of hydrogen-bond donors (Lipinski definition) is 0. The predicted octanol–water partition coefficient (Wildman–Crippen LogP) is 3.20. The summed E-state index contributed by atoms with van der Waals surface area (Å²) in [7, 11) is 1.38. The number of esters is 2. The van der Waals surface area contributed by atoms with Gasteiger partial charge in [-0.15, -0.1) is 0 Å². The lowest BCUT2D eigenvalue weighted by molar-refractivity contribution is -0.145. The maximum absolute atomic E-state index is 11.8. The van der Waals surface area contributed by atoms with E-state index in [9.17, 15) is 9.59 Å². The largest absolute Gasteiger partial charge is 0.466 e. The molecule has 22 heavy (non-hydrogen) atoms. The van der Waals surface area contributed by atoms with Crippen molar-refractivity contribution in [1.29, 1.82) is 0 Å². The lowest BCUT2D eigenvalue weighted by Crippen LogP contribution is -2.37. The van der Waals surface area contributed by atoms with Crippen molar-refractivity contribution in [3.8, 4) is 0 Å². The van der Waals surface area contributed by atoms with E-state index in [-0.39, 0.29) is 35.8 Å². The molecule has 4 atom stereocenters. The zero-order valence-electron chi connectivity index (χ0n) is 13.7. The monoisotopic (exact) mass is 304 g/mol. The smallest absolute Gasteiger partial charge is 0.333 e. The van der Waals surface area contributed by atoms with Crippen LogP contribution in [0.5, 0.6) is 0 Å². The van der Waals surface area contributed by atoms with Crippen LogP contribution in [0.4, 0.5) is 0 Å². The second-order valence-corrected chi connectivity index (χ2v) is 6.24. The zero-order valence-corrected chi connectivity index (χ0v) is 13.7. The van der Waals surface area contributed by atoms with E-state index in [0.29, 0.717) is 5.57 Å². The summed E-state index contributed by atoms with van der Waals surface area (Å²) >= 11 is 0. The van der Waals surface area contributed by atoms with Gasteiger partial charge in [-0.3, -0.25) is 4.79 Å². The van der Waals surface area contributed by atoms with Gasteiger partial charge in [0.25, 0.3) is 0 Å². The molecule has 4 nitrogen and oxygen atoms in total. The molecule has 2 aliphatic rings. The number of ether oxygens (including phenoxy) is 2. The number of methoxy groups -OCH3 is 1. The summed E-state index contributed by atoms with van der Waals surface area (Å²) in [6, 6.07) is 0. The fraction of sp³-hybridized carbons (Fsp3) is 0.556. The Hall–Kier alpha value is -1.84. The predicted molar refractivity (Wildman–Crippen MR) is 83.9 cm³/mol. The van der Waals surface area contributed by atoms with Crippen molar-refractivity contribution >= 4 is 11.9 Å². The molecule has 0 N–H and O–H groups in total. The third kappa shape index (κ3) is 3.16. The highest BCUT2D eigenvalue weighted by atomic mass is 16.5. The highest BCUT2D eigenvalue weighted by molar-refractivity contribution is 5.88. The summed E-state index contributed by atoms with van der Waals surface area (Å²) in [5.74, 6) is -0.0694. The first kappa shape index (κ1) is 16.5. The van der Waals surface area contributed by atoms with Crippen molar-refractivity contribution in [2.24, 2.45) is 17.8 Å². The van der Waals surface area contributed by atoms with E-state index in [1.165, 1.54) is 19.6 Å². The Morgan fingerprint density at radius 1 is 1.27 bits per heavy atom. The van der Waals surface area contributed by atoms with Crippen LogP contribution >= 0.6 is 0 Å². The number of allylic oxidation sites excluding steroid dienone is 3. The van der Waals surface area contributed by atoms with Crippen molar-refractivity contribution in [2.45, 2.75) is 39.7 Å². The third-order valence-electron chi connectivity index (χ3n) is 4.84. The molecule has 0 heterocycles. The molecule has 4 unspecified atom stereocenters. The molecule has 120 valence electrons. The van der Waals surface area contributed by atoms with E-state index >= 15 is 0 Å². The number of rotatable bonds is 3. The van der Waals surface area contributed by atoms with Crippen LogP contribution in [0, 0.1) is 17.8 Å². The number of carbonyl (C=O) groups excluding carboxylic acids is 2. The molecule has 0 aromatic heterocycles. The zero-order chi connectivity index (χ0) is 16.4. The molecular formula is C18H24O4. The van der Waals surface area contributed by atoms with Crippen LogP contribution in [0.2, 0.25) is 0 Å². The molecule has 0 saturated carbocycles. The topological polar surface area (TPSA) is 52.6 Å². The Balaban J connectivity index is 2.30. The molecular weight excluding hydrogens is 280 g/mol. The van der Waals surface area contributed by atoms with Crippen molar-refractivity contribution < 1.29 is 19.1 Å². The highest BCUT2D eigenvalue weighted by Gasteiger charge is 2.40. The molecule has 0 saturated heterocycles. The average Bonchev–Trinajstić information content (AvgIpc) is 2.47. The van der Waals surface area contributed by atoms with Crippen molar-refractivity contribution in [1.82, 2.24) is 0 Å². The summed E-state index contributed by atoms with van der Waals surface area (Å²) in [5.41, 5.74) is 2.87. The summed E-state index contributed by atoms with van der Waals surface area (Å²) in [5, 5.41) is 0. The fourth-order valence-corrected chi connectivity index (χ4v) is 3.61. The van der Waals surface area contributed by atoms with Gasteiger partial charge in [-0.25, -0.2) is 4.79 Å². The Kier molecular flexibility index (Phi) is 4.89. The van der Waals surface area contributed by atoms with E-state index in [2.05, 4.69) is 25.7 Å². The first-order chi connectivity index (χ1) is 10.3. The van der Waals surface area contributed by atoms with Gasteiger partial charge in [-0.05, 0) is 44.1 Å². The van der Waals surface area contributed by atoms with Crippen molar-refractivity contribution in [2.75, 3.05) is 7.11 Å². The average molecular weight is 304 g/mol. The first-order valence-electron chi connectivity index (χ1n) is 7.64. The van der Waals surface area contributed by atoms with Gasteiger partial charge in [0.05, 0.1) is 7.11 Å². The summed E-state index contributed by atoms with van der Waals surface area (Å²) in [6.07, 6.45) is 5.70. The van der Waals surface area contributed by atoms with Crippen LogP contribution in [0.15, 0.2) is 35.5 Å². The van der Waals surface area contributed by atoms with Gasteiger partial charge in [0.1, 0.15) is 6.10 Å². The van der Waals surface area contributed by atoms with Gasteiger partial charge >= 0.3 is 11.9 Å². The maximum Gasteiger partial charge on any atom is 0.333 e. The van der Waals surface area contributed by atoms with E-state index in [4.69, 9.17) is 9.47 Å². The van der Waals surface area contributed by atoms with E-state index < -0.39 is 0 Å². The van der Waals surface area contributed by atoms with Crippen LogP contribution in [0.1, 0.15) is 33.6 Å². The maximum atomic E-state index is 11.8. The second-order valence-electron chi connectivity index (χ2n) is 6.24. The van der Waals surface area contributed by atoms with Crippen LogP contribution in [0.25, 0.3) is 0 Å². The molecule has 0 aliphatic heterocycles. The summed E-state index contributed by atoms with van der Waals surface area (Å²) in [6.45, 7) is 9.46. The normalized spacial score (nSPS) is 30.5. The number of fused-ring (bicyclic) bond motifs is 1. The van der Waals surface area contributed by atoms with Gasteiger partial charge in [-0.1, -0.05) is 24.3 Å².